The molecule has 0 aliphatic rings. The Hall–Kier alpha value is -1.83. The van der Waals surface area contributed by atoms with E-state index in [9.17, 15) is 22.4 Å². The Morgan fingerprint density at radius 1 is 1.39 bits per heavy atom. The van der Waals surface area contributed by atoms with Crippen LogP contribution in [0.2, 0.25) is 0 Å². The van der Waals surface area contributed by atoms with E-state index >= 15 is 0 Å². The van der Waals surface area contributed by atoms with Crippen LogP contribution in [-0.2, 0) is 0 Å². The second-order valence-corrected chi connectivity index (χ2v) is 3.43. The number of rotatable bonds is 3. The lowest BCUT2D eigenvalue weighted by molar-refractivity contribution is -0.201. The molecule has 0 aliphatic heterocycles. The number of carbonyl (C=O) groups excluding carboxylic acids is 1. The van der Waals surface area contributed by atoms with Gasteiger partial charge in [-0.3, -0.25) is 4.79 Å². The minimum Gasteiger partial charge on any atom is -0.508 e. The van der Waals surface area contributed by atoms with Crippen molar-refractivity contribution in [1.82, 2.24) is 5.32 Å². The van der Waals surface area contributed by atoms with Gasteiger partial charge in [-0.1, -0.05) is 0 Å². The molecule has 1 amide bonds. The number of carbonyl (C=O) groups is 1. The van der Waals surface area contributed by atoms with Crippen LogP contribution in [0.3, 0.4) is 0 Å². The number of hydrogen-bond acceptors (Lipinski definition) is 3. The number of aliphatic hydroxyl groups excluding tert-OH is 1. The van der Waals surface area contributed by atoms with Crippen molar-refractivity contribution in [3.8, 4) is 5.75 Å². The van der Waals surface area contributed by atoms with Crippen LogP contribution in [0.1, 0.15) is 10.4 Å². The highest BCUT2D eigenvalue weighted by molar-refractivity contribution is 5.94. The molecule has 0 radical (unpaired) electrons. The zero-order valence-electron chi connectivity index (χ0n) is 8.83. The number of benzene rings is 1. The van der Waals surface area contributed by atoms with Gasteiger partial charge in [0.1, 0.15) is 11.6 Å². The Labute approximate surface area is 98.9 Å². The summed E-state index contributed by atoms with van der Waals surface area (Å²) in [5.41, 5.74) is -0.526. The molecule has 3 N–H and O–H groups in total. The van der Waals surface area contributed by atoms with E-state index in [1.54, 1.807) is 5.32 Å². The highest BCUT2D eigenvalue weighted by Crippen LogP contribution is 2.19. The summed E-state index contributed by atoms with van der Waals surface area (Å²) < 4.78 is 48.9. The molecular formula is C10H9F4NO3. The van der Waals surface area contributed by atoms with Crippen molar-refractivity contribution in [2.24, 2.45) is 0 Å². The molecule has 8 heteroatoms. The van der Waals surface area contributed by atoms with Crippen LogP contribution in [0.4, 0.5) is 17.6 Å². The number of hydrogen-bond donors (Lipinski definition) is 3. The monoisotopic (exact) mass is 267 g/mol. The molecule has 1 unspecified atom stereocenters. The number of alkyl halides is 3. The fourth-order valence-corrected chi connectivity index (χ4v) is 1.09. The van der Waals surface area contributed by atoms with Gasteiger partial charge < -0.3 is 15.5 Å². The van der Waals surface area contributed by atoms with Gasteiger partial charge in [0.05, 0.1) is 12.1 Å². The molecule has 1 aromatic carbocycles. The molecule has 0 saturated carbocycles. The summed E-state index contributed by atoms with van der Waals surface area (Å²) in [6.07, 6.45) is -7.58. The highest BCUT2D eigenvalue weighted by atomic mass is 19.4. The Balaban J connectivity index is 2.66. The van der Waals surface area contributed by atoms with Gasteiger partial charge in [-0.15, -0.1) is 0 Å². The van der Waals surface area contributed by atoms with E-state index in [-0.39, 0.29) is 0 Å². The second-order valence-electron chi connectivity index (χ2n) is 3.43. The largest absolute Gasteiger partial charge is 0.508 e. The maximum atomic E-state index is 13.2. The SMILES string of the molecule is O=C(NCC(O)C(F)(F)F)c1ccc(O)cc1F. The Kier molecular flexibility index (Phi) is 4.12. The summed E-state index contributed by atoms with van der Waals surface area (Å²) in [5, 5.41) is 19.2. The molecular weight excluding hydrogens is 258 g/mol. The van der Waals surface area contributed by atoms with Gasteiger partial charge in [0.15, 0.2) is 6.10 Å². The van der Waals surface area contributed by atoms with E-state index < -0.39 is 41.9 Å². The van der Waals surface area contributed by atoms with E-state index in [2.05, 4.69) is 0 Å². The van der Waals surface area contributed by atoms with Crippen LogP contribution in [0.15, 0.2) is 18.2 Å². The molecule has 0 aliphatic carbocycles. The van der Waals surface area contributed by atoms with Crippen LogP contribution in [0.25, 0.3) is 0 Å². The van der Waals surface area contributed by atoms with Crippen molar-refractivity contribution in [2.45, 2.75) is 12.3 Å². The number of nitrogens with one attached hydrogen (secondary N) is 1. The summed E-state index contributed by atoms with van der Waals surface area (Å²) in [5.74, 6) is -2.61. The van der Waals surface area contributed by atoms with Crippen LogP contribution in [0, 0.1) is 5.82 Å². The van der Waals surface area contributed by atoms with E-state index in [1.807, 2.05) is 0 Å². The average molecular weight is 267 g/mol. The maximum Gasteiger partial charge on any atom is 0.416 e. The summed E-state index contributed by atoms with van der Waals surface area (Å²) in [6, 6.07) is 2.58. The molecule has 18 heavy (non-hydrogen) atoms. The van der Waals surface area contributed by atoms with Gasteiger partial charge in [0.2, 0.25) is 0 Å². The Bertz CT molecular complexity index is 447. The number of phenols is 1. The van der Waals surface area contributed by atoms with Crippen LogP contribution < -0.4 is 5.32 Å². The van der Waals surface area contributed by atoms with E-state index in [0.29, 0.717) is 6.07 Å². The maximum absolute atomic E-state index is 13.2. The van der Waals surface area contributed by atoms with Crippen LogP contribution in [-0.4, -0.2) is 34.9 Å². The first-order valence-electron chi connectivity index (χ1n) is 4.73. The third kappa shape index (κ3) is 3.59. The quantitative estimate of drug-likeness (QED) is 0.720. The Morgan fingerprint density at radius 2 is 2.00 bits per heavy atom. The highest BCUT2D eigenvalue weighted by Gasteiger charge is 2.38. The third-order valence-electron chi connectivity index (χ3n) is 2.03. The summed E-state index contributed by atoms with van der Waals surface area (Å²) in [7, 11) is 0. The van der Waals surface area contributed by atoms with Gasteiger partial charge in [-0.2, -0.15) is 13.2 Å². The van der Waals surface area contributed by atoms with Crippen molar-refractivity contribution >= 4 is 5.91 Å². The second kappa shape index (κ2) is 5.21. The van der Waals surface area contributed by atoms with Gasteiger partial charge in [-0.25, -0.2) is 4.39 Å². The number of aromatic hydroxyl groups is 1. The number of halogens is 4. The first-order chi connectivity index (χ1) is 8.21. The summed E-state index contributed by atoms with van der Waals surface area (Å²) >= 11 is 0. The fourth-order valence-electron chi connectivity index (χ4n) is 1.09. The normalized spacial score (nSPS) is 13.2. The lowest BCUT2D eigenvalue weighted by atomic mass is 10.2. The smallest absolute Gasteiger partial charge is 0.416 e. The zero-order chi connectivity index (χ0) is 13.9. The molecule has 0 bridgehead atoms. The fraction of sp³-hybridized carbons (Fsp3) is 0.300. The van der Waals surface area contributed by atoms with Crippen LogP contribution >= 0.6 is 0 Å². The zero-order valence-corrected chi connectivity index (χ0v) is 8.83. The molecule has 1 aromatic rings. The van der Waals surface area contributed by atoms with Crippen molar-refractivity contribution in [1.29, 1.82) is 0 Å². The molecule has 0 aromatic heterocycles. The molecule has 1 rings (SSSR count). The molecule has 1 atom stereocenters. The standard InChI is InChI=1S/C10H9F4NO3/c11-7-3-5(16)1-2-6(7)9(18)15-4-8(17)10(12,13)14/h1-3,8,16-17H,4H2,(H,15,18). The molecule has 4 nitrogen and oxygen atoms in total. The van der Waals surface area contributed by atoms with E-state index in [0.717, 1.165) is 12.1 Å². The van der Waals surface area contributed by atoms with E-state index in [1.165, 1.54) is 0 Å². The van der Waals surface area contributed by atoms with Gasteiger partial charge in [0.25, 0.3) is 5.91 Å². The van der Waals surface area contributed by atoms with Crippen molar-refractivity contribution in [2.75, 3.05) is 6.54 Å². The molecule has 0 saturated heterocycles. The third-order valence-corrected chi connectivity index (χ3v) is 2.03. The summed E-state index contributed by atoms with van der Waals surface area (Å²) in [4.78, 5) is 11.3. The van der Waals surface area contributed by atoms with Crippen molar-refractivity contribution in [3.63, 3.8) is 0 Å². The number of aliphatic hydroxyl groups is 1. The van der Waals surface area contributed by atoms with Crippen molar-refractivity contribution in [3.05, 3.63) is 29.6 Å². The number of phenolic OH excluding ortho intramolecular Hbond substituents is 1. The summed E-state index contributed by atoms with van der Waals surface area (Å²) in [6.45, 7) is -1.08. The molecule has 0 fully saturated rings. The predicted molar refractivity (Wildman–Crippen MR) is 52.5 cm³/mol. The molecule has 100 valence electrons. The number of amides is 1. The van der Waals surface area contributed by atoms with Gasteiger partial charge in [0, 0.05) is 6.07 Å². The topological polar surface area (TPSA) is 69.6 Å². The average Bonchev–Trinajstić information content (AvgIpc) is 2.24. The first kappa shape index (κ1) is 14.2. The van der Waals surface area contributed by atoms with E-state index in [4.69, 9.17) is 10.2 Å². The minimum absolute atomic E-state index is 0.417. The lowest BCUT2D eigenvalue weighted by Gasteiger charge is -2.15. The van der Waals surface area contributed by atoms with Gasteiger partial charge in [-0.05, 0) is 12.1 Å². The van der Waals surface area contributed by atoms with Crippen molar-refractivity contribution < 1.29 is 32.6 Å². The lowest BCUT2D eigenvalue weighted by Crippen LogP contribution is -2.40. The molecule has 0 spiro atoms. The minimum atomic E-state index is -4.86. The van der Waals surface area contributed by atoms with Crippen LogP contribution in [0.5, 0.6) is 5.75 Å². The predicted octanol–water partition coefficient (Wildman–Crippen LogP) is 1.18. The first-order valence-corrected chi connectivity index (χ1v) is 4.73. The molecule has 0 heterocycles. The Morgan fingerprint density at radius 3 is 2.50 bits per heavy atom. The van der Waals surface area contributed by atoms with Gasteiger partial charge >= 0.3 is 6.18 Å².